The fourth-order valence-corrected chi connectivity index (χ4v) is 13.1. The van der Waals surface area contributed by atoms with E-state index in [-0.39, 0.29) is 0 Å². The Hall–Kier alpha value is -4.62. The van der Waals surface area contributed by atoms with Crippen LogP contribution in [0.3, 0.4) is 0 Å². The summed E-state index contributed by atoms with van der Waals surface area (Å²) in [7, 11) is 4.94. The number of hydrogen-bond donors (Lipinski definition) is 0. The van der Waals surface area contributed by atoms with Gasteiger partial charge < -0.3 is 18.7 Å². The normalized spacial score (nSPS) is 17.0. The zero-order chi connectivity index (χ0) is 33.4. The highest BCUT2D eigenvalue weighted by atomic mass is 28.4. The van der Waals surface area contributed by atoms with Gasteiger partial charge in [0.25, 0.3) is 0 Å². The molecule has 9 rings (SSSR count). The lowest BCUT2D eigenvalue weighted by atomic mass is 9.70. The molecule has 0 saturated carbocycles. The summed E-state index contributed by atoms with van der Waals surface area (Å²) >= 11 is 0. The highest BCUT2D eigenvalue weighted by molar-refractivity contribution is 6.93. The highest BCUT2D eigenvalue weighted by Gasteiger charge is 2.75. The van der Waals surface area contributed by atoms with Crippen molar-refractivity contribution in [3.05, 3.63) is 179 Å². The summed E-state index contributed by atoms with van der Waals surface area (Å²) in [6, 6.07) is 53.1. The summed E-state index contributed by atoms with van der Waals surface area (Å²) in [4.78, 5) is 4.49. The molecule has 0 N–H and O–H groups in total. The minimum atomic E-state index is -3.61. The van der Waals surface area contributed by atoms with Crippen LogP contribution in [0.5, 0.6) is 0 Å². The Morgan fingerprint density at radius 2 is 0.694 bits per heavy atom. The van der Waals surface area contributed by atoms with Gasteiger partial charge in [-0.15, -0.1) is 0 Å². The van der Waals surface area contributed by atoms with E-state index in [0.717, 1.165) is 45.7 Å². The second-order valence-electron chi connectivity index (χ2n) is 14.2. The van der Waals surface area contributed by atoms with Crippen LogP contribution >= 0.6 is 0 Å². The molecule has 1 heterocycles. The monoisotopic (exact) mass is 656 g/mol. The Labute approximate surface area is 290 Å². The number of hydrogen-bond acceptors (Lipinski definition) is 4. The number of nitrogens with zero attached hydrogens (tertiary/aromatic N) is 2. The van der Waals surface area contributed by atoms with Gasteiger partial charge in [0.05, 0.1) is 0 Å². The summed E-state index contributed by atoms with van der Waals surface area (Å²) in [5.74, 6) is 0. The van der Waals surface area contributed by atoms with Gasteiger partial charge in [-0.1, -0.05) is 146 Å². The number of benzene rings is 6. The molecule has 0 aromatic heterocycles. The highest BCUT2D eigenvalue weighted by Crippen LogP contribution is 2.70. The molecular weight excluding hydrogens is 617 g/mol. The van der Waals surface area contributed by atoms with E-state index in [1.807, 2.05) is 0 Å². The van der Waals surface area contributed by atoms with Crippen molar-refractivity contribution in [3.8, 4) is 22.3 Å². The summed E-state index contributed by atoms with van der Waals surface area (Å²) in [5.41, 5.74) is 9.98. The van der Waals surface area contributed by atoms with E-state index >= 15 is 0 Å². The maximum Gasteiger partial charge on any atom is 0.409 e. The topological polar surface area (TPSA) is 24.9 Å². The van der Waals surface area contributed by atoms with Crippen LogP contribution in [0.2, 0.25) is 0 Å². The van der Waals surface area contributed by atoms with Gasteiger partial charge in [-0.2, -0.15) is 0 Å². The molecule has 0 radical (unpaired) electrons. The van der Waals surface area contributed by atoms with Gasteiger partial charge in [0.1, 0.15) is 11.2 Å². The Balaban J connectivity index is 1.48. The molecule has 5 heteroatoms. The molecule has 242 valence electrons. The second kappa shape index (κ2) is 11.2. The summed E-state index contributed by atoms with van der Waals surface area (Å²) in [6.07, 6.45) is 0. The van der Waals surface area contributed by atoms with Crippen LogP contribution in [-0.2, 0) is 33.1 Å². The smallest absolute Gasteiger partial charge is 0.369 e. The first-order valence-corrected chi connectivity index (χ1v) is 19.0. The Morgan fingerprint density at radius 1 is 0.408 bits per heavy atom. The third-order valence-corrected chi connectivity index (χ3v) is 14.2. The molecule has 0 unspecified atom stereocenters. The maximum absolute atomic E-state index is 8.40. The van der Waals surface area contributed by atoms with Crippen LogP contribution in [0.4, 0.5) is 0 Å². The molecule has 6 aromatic rings. The lowest BCUT2D eigenvalue weighted by Crippen LogP contribution is -2.64. The van der Waals surface area contributed by atoms with Gasteiger partial charge in [0.2, 0.25) is 0 Å². The Kier molecular flexibility index (Phi) is 6.96. The maximum atomic E-state index is 8.40. The largest absolute Gasteiger partial charge is 0.409 e. The molecule has 0 atom stereocenters. The first-order valence-electron chi connectivity index (χ1n) is 17.2. The first-order chi connectivity index (χ1) is 23.9. The van der Waals surface area contributed by atoms with E-state index in [1.54, 1.807) is 0 Å². The van der Waals surface area contributed by atoms with Gasteiger partial charge in [0, 0.05) is 23.5 Å². The van der Waals surface area contributed by atoms with E-state index in [4.69, 9.17) is 8.85 Å². The van der Waals surface area contributed by atoms with Crippen molar-refractivity contribution < 1.29 is 8.85 Å². The van der Waals surface area contributed by atoms with Crippen molar-refractivity contribution >= 4 is 18.9 Å². The van der Waals surface area contributed by atoms with Gasteiger partial charge >= 0.3 is 8.56 Å². The van der Waals surface area contributed by atoms with Gasteiger partial charge in [-0.3, -0.25) is 0 Å². The molecule has 3 aliphatic rings. The summed E-state index contributed by atoms with van der Waals surface area (Å²) in [5, 5.41) is 2.32. The van der Waals surface area contributed by atoms with Crippen molar-refractivity contribution in [1.82, 2.24) is 9.80 Å². The van der Waals surface area contributed by atoms with Crippen LogP contribution in [0, 0.1) is 0 Å². The quantitative estimate of drug-likeness (QED) is 0.176. The third-order valence-electron chi connectivity index (χ3n) is 10.6. The van der Waals surface area contributed by atoms with Crippen LogP contribution in [-0.4, -0.2) is 46.6 Å². The fraction of sp³-hybridized carbons (Fsp3) is 0.182. The van der Waals surface area contributed by atoms with E-state index in [2.05, 4.69) is 184 Å². The minimum absolute atomic E-state index is 0.772. The zero-order valence-corrected chi connectivity index (χ0v) is 29.5. The molecule has 49 heavy (non-hydrogen) atoms. The molecule has 0 bridgehead atoms. The van der Waals surface area contributed by atoms with Gasteiger partial charge in [0.15, 0.2) is 0 Å². The van der Waals surface area contributed by atoms with Crippen LogP contribution in [0.1, 0.15) is 33.4 Å². The SMILES string of the molecule is CN(C)Cc1ccccc1[Si]1(c2ccccc2CN(C)C)OC2(c3ccccc3-c3ccccc32)C2(O1)c1ccccc1-c1ccccc12. The summed E-state index contributed by atoms with van der Waals surface area (Å²) < 4.78 is 16.8. The molecule has 2 aliphatic carbocycles. The zero-order valence-electron chi connectivity index (χ0n) is 28.5. The standard InChI is InChI=1S/C44H40N2O2Si/c1-45(2)29-31-17-5-15-27-41(31)49(42-28-16-6-18-32(42)30-46(3)4)47-43(37-23-11-7-19-33(37)34-20-8-12-24-38(34)43)44(48-49)39-25-13-9-21-35(39)36-22-10-14-26-40(36)44/h5-28H,29-30H2,1-4H3. The molecule has 4 nitrogen and oxygen atoms in total. The first kappa shape index (κ1) is 30.4. The van der Waals surface area contributed by atoms with Gasteiger partial charge in [-0.05, 0) is 83.8 Å². The Bertz CT molecular complexity index is 1990. The lowest BCUT2D eigenvalue weighted by molar-refractivity contribution is 0.0107. The van der Waals surface area contributed by atoms with Crippen molar-refractivity contribution in [3.63, 3.8) is 0 Å². The molecule has 1 fully saturated rings. The number of rotatable bonds is 6. The number of fused-ring (bicyclic) bond motifs is 11. The fourth-order valence-electron chi connectivity index (χ4n) is 8.97. The summed E-state index contributed by atoms with van der Waals surface area (Å²) in [6.45, 7) is 1.54. The Morgan fingerprint density at radius 3 is 1.02 bits per heavy atom. The predicted octanol–water partition coefficient (Wildman–Crippen LogP) is 7.26. The van der Waals surface area contributed by atoms with Gasteiger partial charge in [-0.25, -0.2) is 0 Å². The van der Waals surface area contributed by atoms with E-state index in [0.29, 0.717) is 0 Å². The molecule has 1 saturated heterocycles. The molecular formula is C44H40N2O2Si. The van der Waals surface area contributed by atoms with Crippen molar-refractivity contribution in [2.24, 2.45) is 0 Å². The molecule has 6 aromatic carbocycles. The predicted molar refractivity (Wildman–Crippen MR) is 200 cm³/mol. The van der Waals surface area contributed by atoms with E-state index in [9.17, 15) is 0 Å². The van der Waals surface area contributed by atoms with Crippen LogP contribution in [0.25, 0.3) is 22.3 Å². The molecule has 0 amide bonds. The van der Waals surface area contributed by atoms with Crippen molar-refractivity contribution in [1.29, 1.82) is 0 Å². The van der Waals surface area contributed by atoms with Crippen molar-refractivity contribution in [2.75, 3.05) is 28.2 Å². The second-order valence-corrected chi connectivity index (χ2v) is 16.9. The van der Waals surface area contributed by atoms with Crippen LogP contribution < -0.4 is 10.4 Å². The molecule has 2 spiro atoms. The minimum Gasteiger partial charge on any atom is -0.369 e. The average molecular weight is 657 g/mol. The van der Waals surface area contributed by atoms with E-state index in [1.165, 1.54) is 33.4 Å². The van der Waals surface area contributed by atoms with Crippen molar-refractivity contribution in [2.45, 2.75) is 24.3 Å². The molecule has 1 aliphatic heterocycles. The van der Waals surface area contributed by atoms with Crippen LogP contribution in [0.15, 0.2) is 146 Å². The van der Waals surface area contributed by atoms with E-state index < -0.39 is 19.8 Å². The lowest BCUT2D eigenvalue weighted by Gasteiger charge is -2.41. The third kappa shape index (κ3) is 4.11. The average Bonchev–Trinajstić information content (AvgIpc) is 3.71.